The molecule has 0 amide bonds. The molecule has 1 saturated carbocycles. The van der Waals surface area contributed by atoms with Gasteiger partial charge in [-0.1, -0.05) is 29.4 Å². The van der Waals surface area contributed by atoms with E-state index in [1.807, 2.05) is 30.3 Å². The van der Waals surface area contributed by atoms with Crippen LogP contribution >= 0.6 is 12.4 Å². The summed E-state index contributed by atoms with van der Waals surface area (Å²) in [6.45, 7) is 0.354. The van der Waals surface area contributed by atoms with E-state index in [0.717, 1.165) is 24.0 Å². The number of carbonyl (C=O) groups is 1. The molecule has 1 fully saturated rings. The van der Waals surface area contributed by atoms with Crippen LogP contribution in [0.3, 0.4) is 0 Å². The van der Waals surface area contributed by atoms with Crippen LogP contribution in [0.5, 0.6) is 5.75 Å². The van der Waals surface area contributed by atoms with Crippen molar-refractivity contribution in [3.63, 3.8) is 0 Å². The topological polar surface area (TPSA) is 121 Å². The zero-order valence-electron chi connectivity index (χ0n) is 17.3. The van der Waals surface area contributed by atoms with E-state index >= 15 is 0 Å². The first-order chi connectivity index (χ1) is 15.1. The van der Waals surface area contributed by atoms with Gasteiger partial charge >= 0.3 is 5.97 Å². The fourth-order valence-electron chi connectivity index (χ4n) is 3.61. The third-order valence-electron chi connectivity index (χ3n) is 5.19. The van der Waals surface area contributed by atoms with Crippen LogP contribution in [0.15, 0.2) is 47.0 Å². The van der Waals surface area contributed by atoms with Crippen LogP contribution in [0.4, 0.5) is 0 Å². The summed E-state index contributed by atoms with van der Waals surface area (Å²) < 4.78 is 11.4. The smallest absolute Gasteiger partial charge is 0.317 e. The molecule has 0 atom stereocenters. The van der Waals surface area contributed by atoms with Gasteiger partial charge in [-0.2, -0.15) is 10.2 Å². The molecule has 4 rings (SSSR count). The fourth-order valence-corrected chi connectivity index (χ4v) is 3.61. The first kappa shape index (κ1) is 23.3. The standard InChI is InChI=1S/C23H22N4O4.ClH/c24-12-17-11-19(30-18-3-1-2-4-18)9-10-20(17)23-26-22(27-31-23)16-7-5-15(6-8-16)13-25-14-21(28)29;/h5-11,18,25H,1-4,13-14H2,(H,28,29);1H. The second-order valence-electron chi connectivity index (χ2n) is 7.46. The molecule has 1 aromatic heterocycles. The Morgan fingerprint density at radius 1 is 1.22 bits per heavy atom. The number of aliphatic carboxylic acids is 1. The van der Waals surface area contributed by atoms with E-state index in [1.54, 1.807) is 12.1 Å². The van der Waals surface area contributed by atoms with Crippen molar-refractivity contribution in [3.05, 3.63) is 53.6 Å². The third kappa shape index (κ3) is 5.63. The van der Waals surface area contributed by atoms with Crippen molar-refractivity contribution in [2.45, 2.75) is 38.3 Å². The second-order valence-corrected chi connectivity index (χ2v) is 7.46. The lowest BCUT2D eigenvalue weighted by molar-refractivity contribution is -0.136. The van der Waals surface area contributed by atoms with Gasteiger partial charge in [-0.3, -0.25) is 4.79 Å². The maximum absolute atomic E-state index is 10.6. The predicted octanol–water partition coefficient (Wildman–Crippen LogP) is 4.19. The Morgan fingerprint density at radius 2 is 1.97 bits per heavy atom. The molecule has 2 aromatic carbocycles. The van der Waals surface area contributed by atoms with E-state index < -0.39 is 5.97 Å². The average Bonchev–Trinajstić information content (AvgIpc) is 3.46. The summed E-state index contributed by atoms with van der Waals surface area (Å²) in [4.78, 5) is 15.0. The summed E-state index contributed by atoms with van der Waals surface area (Å²) in [7, 11) is 0. The molecule has 1 heterocycles. The molecule has 0 aliphatic heterocycles. The van der Waals surface area contributed by atoms with Crippen molar-refractivity contribution in [1.29, 1.82) is 5.26 Å². The predicted molar refractivity (Wildman–Crippen MR) is 119 cm³/mol. The fraction of sp³-hybridized carbons (Fsp3) is 0.304. The number of hydrogen-bond donors (Lipinski definition) is 2. The summed E-state index contributed by atoms with van der Waals surface area (Å²) in [5.74, 6) is 0.464. The minimum absolute atomic E-state index is 0. The average molecular weight is 455 g/mol. The molecular formula is C23H23ClN4O4. The second kappa shape index (κ2) is 10.8. The van der Waals surface area contributed by atoms with Gasteiger partial charge < -0.3 is 19.7 Å². The lowest BCUT2D eigenvalue weighted by Gasteiger charge is -2.13. The van der Waals surface area contributed by atoms with Gasteiger partial charge in [0.05, 0.1) is 23.8 Å². The molecule has 8 nitrogen and oxygen atoms in total. The Morgan fingerprint density at radius 3 is 2.66 bits per heavy atom. The maximum atomic E-state index is 10.6. The monoisotopic (exact) mass is 454 g/mol. The van der Waals surface area contributed by atoms with E-state index in [4.69, 9.17) is 14.4 Å². The molecule has 2 N–H and O–H groups in total. The molecule has 1 aliphatic rings. The van der Waals surface area contributed by atoms with Crippen LogP contribution in [0.1, 0.15) is 36.8 Å². The van der Waals surface area contributed by atoms with Crippen molar-refractivity contribution in [2.75, 3.05) is 6.54 Å². The molecule has 0 bridgehead atoms. The number of carboxylic acid groups (broad SMARTS) is 1. The third-order valence-corrected chi connectivity index (χ3v) is 5.19. The summed E-state index contributed by atoms with van der Waals surface area (Å²) in [5.41, 5.74) is 2.69. The largest absolute Gasteiger partial charge is 0.490 e. The summed E-state index contributed by atoms with van der Waals surface area (Å²) >= 11 is 0. The van der Waals surface area contributed by atoms with Gasteiger partial charge in [-0.25, -0.2) is 0 Å². The molecule has 3 aromatic rings. The van der Waals surface area contributed by atoms with Crippen LogP contribution in [0, 0.1) is 11.3 Å². The minimum Gasteiger partial charge on any atom is -0.490 e. The van der Waals surface area contributed by atoms with Crippen LogP contribution in [-0.4, -0.2) is 33.9 Å². The normalized spacial score (nSPS) is 13.3. The van der Waals surface area contributed by atoms with Gasteiger partial charge in [-0.15, -0.1) is 12.4 Å². The number of benzene rings is 2. The molecule has 0 radical (unpaired) electrons. The van der Waals surface area contributed by atoms with Crippen LogP contribution in [0.2, 0.25) is 0 Å². The zero-order valence-corrected chi connectivity index (χ0v) is 18.1. The number of carboxylic acids is 1. The van der Waals surface area contributed by atoms with Gasteiger partial charge in [0.2, 0.25) is 5.82 Å². The highest BCUT2D eigenvalue weighted by atomic mass is 35.5. The van der Waals surface area contributed by atoms with Gasteiger partial charge in [-0.05, 0) is 49.4 Å². The van der Waals surface area contributed by atoms with Gasteiger partial charge in [0.25, 0.3) is 5.89 Å². The Labute approximate surface area is 191 Å². The summed E-state index contributed by atoms with van der Waals surface area (Å²) in [6.07, 6.45) is 4.67. The number of nitrogens with zero attached hydrogens (tertiary/aromatic N) is 3. The van der Waals surface area contributed by atoms with E-state index in [-0.39, 0.29) is 30.9 Å². The van der Waals surface area contributed by atoms with Gasteiger partial charge in [0.1, 0.15) is 11.8 Å². The molecule has 0 saturated heterocycles. The highest BCUT2D eigenvalue weighted by Gasteiger charge is 2.19. The molecule has 0 unspecified atom stereocenters. The Kier molecular flexibility index (Phi) is 7.82. The van der Waals surface area contributed by atoms with Gasteiger partial charge in [0, 0.05) is 12.1 Å². The van der Waals surface area contributed by atoms with Crippen LogP contribution < -0.4 is 10.1 Å². The molecule has 166 valence electrons. The highest BCUT2D eigenvalue weighted by Crippen LogP contribution is 2.30. The zero-order chi connectivity index (χ0) is 21.6. The molecule has 32 heavy (non-hydrogen) atoms. The number of hydrogen-bond acceptors (Lipinski definition) is 7. The highest BCUT2D eigenvalue weighted by molar-refractivity contribution is 5.85. The van der Waals surface area contributed by atoms with Crippen molar-refractivity contribution in [2.24, 2.45) is 0 Å². The van der Waals surface area contributed by atoms with Crippen molar-refractivity contribution >= 4 is 18.4 Å². The van der Waals surface area contributed by atoms with Crippen LogP contribution in [0.25, 0.3) is 22.8 Å². The van der Waals surface area contributed by atoms with E-state index in [9.17, 15) is 10.1 Å². The van der Waals surface area contributed by atoms with Crippen LogP contribution in [-0.2, 0) is 11.3 Å². The molecule has 0 spiro atoms. The number of aromatic nitrogens is 2. The summed E-state index contributed by atoms with van der Waals surface area (Å²) in [6, 6.07) is 14.9. The SMILES string of the molecule is Cl.N#Cc1cc(OC2CCCC2)ccc1-c1nc(-c2ccc(CNCC(=O)O)cc2)no1. The number of rotatable bonds is 8. The first-order valence-corrected chi connectivity index (χ1v) is 10.2. The van der Waals surface area contributed by atoms with E-state index in [0.29, 0.717) is 29.2 Å². The number of nitrogens with one attached hydrogen (secondary N) is 1. The number of ether oxygens (including phenoxy) is 1. The number of nitriles is 1. The van der Waals surface area contributed by atoms with Crippen molar-refractivity contribution < 1.29 is 19.2 Å². The lowest BCUT2D eigenvalue weighted by atomic mass is 10.1. The molecular weight excluding hydrogens is 432 g/mol. The molecule has 9 heteroatoms. The lowest BCUT2D eigenvalue weighted by Crippen LogP contribution is -2.21. The van der Waals surface area contributed by atoms with E-state index in [2.05, 4.69) is 21.5 Å². The minimum atomic E-state index is -0.897. The number of halogens is 1. The maximum Gasteiger partial charge on any atom is 0.317 e. The van der Waals surface area contributed by atoms with Crippen molar-refractivity contribution in [3.8, 4) is 34.7 Å². The Bertz CT molecular complexity index is 1100. The summed E-state index contributed by atoms with van der Waals surface area (Å²) in [5, 5.41) is 25.1. The Balaban J connectivity index is 0.00000289. The van der Waals surface area contributed by atoms with Crippen molar-refractivity contribution in [1.82, 2.24) is 15.5 Å². The first-order valence-electron chi connectivity index (χ1n) is 10.2. The quantitative estimate of drug-likeness (QED) is 0.519. The Hall–Kier alpha value is -3.41. The van der Waals surface area contributed by atoms with Gasteiger partial charge in [0.15, 0.2) is 0 Å². The molecule has 1 aliphatic carbocycles. The van der Waals surface area contributed by atoms with E-state index in [1.165, 1.54) is 12.8 Å².